The van der Waals surface area contributed by atoms with Crippen LogP contribution in [-0.4, -0.2) is 25.0 Å². The summed E-state index contributed by atoms with van der Waals surface area (Å²) in [4.78, 5) is 23.7. The van der Waals surface area contributed by atoms with E-state index in [0.717, 1.165) is 0 Å². The summed E-state index contributed by atoms with van der Waals surface area (Å²) in [6.07, 6.45) is 0. The van der Waals surface area contributed by atoms with Crippen LogP contribution in [0.5, 0.6) is 5.75 Å². The smallest absolute Gasteiger partial charge is 0.387 e. The normalized spacial score (nSPS) is 10.4. The van der Waals surface area contributed by atoms with Gasteiger partial charge in [-0.1, -0.05) is 35.9 Å². The number of carbonyl (C=O) groups excluding carboxylic acids is 2. The molecule has 25 heavy (non-hydrogen) atoms. The number of rotatable bonds is 7. The van der Waals surface area contributed by atoms with Crippen molar-refractivity contribution in [3.8, 4) is 5.75 Å². The Morgan fingerprint density at radius 2 is 1.72 bits per heavy atom. The first-order valence-electron chi connectivity index (χ1n) is 7.29. The molecule has 2 aromatic carbocycles. The van der Waals surface area contributed by atoms with E-state index in [1.165, 1.54) is 12.1 Å². The maximum Gasteiger partial charge on any atom is 0.387 e. The van der Waals surface area contributed by atoms with Gasteiger partial charge >= 0.3 is 6.61 Å². The van der Waals surface area contributed by atoms with E-state index in [1.807, 2.05) is 0 Å². The zero-order valence-corrected chi connectivity index (χ0v) is 13.7. The average molecular weight is 369 g/mol. The molecule has 0 unspecified atom stereocenters. The fraction of sp³-hybridized carbons (Fsp3) is 0.176. The van der Waals surface area contributed by atoms with Crippen molar-refractivity contribution in [1.82, 2.24) is 10.6 Å². The Morgan fingerprint density at radius 1 is 1.04 bits per heavy atom. The number of halogens is 3. The molecule has 0 fully saturated rings. The Morgan fingerprint density at radius 3 is 2.36 bits per heavy atom. The molecular formula is C17H15ClF2N2O3. The number of hydrogen-bond donors (Lipinski definition) is 2. The van der Waals surface area contributed by atoms with Gasteiger partial charge in [-0.2, -0.15) is 8.78 Å². The van der Waals surface area contributed by atoms with Gasteiger partial charge < -0.3 is 15.4 Å². The van der Waals surface area contributed by atoms with Crippen molar-refractivity contribution in [3.63, 3.8) is 0 Å². The summed E-state index contributed by atoms with van der Waals surface area (Å²) in [5.41, 5.74) is 0.985. The van der Waals surface area contributed by atoms with Gasteiger partial charge in [0.25, 0.3) is 5.91 Å². The van der Waals surface area contributed by atoms with Crippen molar-refractivity contribution in [2.45, 2.75) is 13.2 Å². The summed E-state index contributed by atoms with van der Waals surface area (Å²) in [6, 6.07) is 12.4. The average Bonchev–Trinajstić information content (AvgIpc) is 2.59. The highest BCUT2D eigenvalue weighted by atomic mass is 35.5. The molecule has 0 radical (unpaired) electrons. The molecule has 0 aliphatic carbocycles. The summed E-state index contributed by atoms with van der Waals surface area (Å²) >= 11 is 5.90. The van der Waals surface area contributed by atoms with Gasteiger partial charge in [0.1, 0.15) is 5.75 Å². The predicted octanol–water partition coefficient (Wildman–Crippen LogP) is 2.99. The van der Waals surface area contributed by atoms with Gasteiger partial charge in [0, 0.05) is 6.54 Å². The molecule has 0 atom stereocenters. The monoisotopic (exact) mass is 368 g/mol. The van der Waals surface area contributed by atoms with Gasteiger partial charge in [-0.25, -0.2) is 0 Å². The highest BCUT2D eigenvalue weighted by molar-refractivity contribution is 6.33. The van der Waals surface area contributed by atoms with Crippen molar-refractivity contribution in [2.24, 2.45) is 0 Å². The topological polar surface area (TPSA) is 67.4 Å². The van der Waals surface area contributed by atoms with E-state index < -0.39 is 18.4 Å². The zero-order valence-electron chi connectivity index (χ0n) is 13.0. The molecule has 2 amide bonds. The lowest BCUT2D eigenvalue weighted by Crippen LogP contribution is -2.36. The molecule has 0 spiro atoms. The van der Waals surface area contributed by atoms with Gasteiger partial charge in [0.15, 0.2) is 0 Å². The molecule has 2 N–H and O–H groups in total. The van der Waals surface area contributed by atoms with Crippen LogP contribution < -0.4 is 15.4 Å². The number of carbonyl (C=O) groups is 2. The number of ether oxygens (including phenoxy) is 1. The lowest BCUT2D eigenvalue weighted by molar-refractivity contribution is -0.120. The van der Waals surface area contributed by atoms with Crippen LogP contribution in [0.3, 0.4) is 0 Å². The van der Waals surface area contributed by atoms with Gasteiger partial charge in [-0.05, 0) is 29.8 Å². The maximum absolute atomic E-state index is 12.1. The molecule has 0 aliphatic heterocycles. The van der Waals surface area contributed by atoms with Gasteiger partial charge in [-0.3, -0.25) is 9.59 Å². The molecular weight excluding hydrogens is 354 g/mol. The Kier molecular flexibility index (Phi) is 6.71. The summed E-state index contributed by atoms with van der Waals surface area (Å²) in [5.74, 6) is -0.806. The minimum Gasteiger partial charge on any atom is -0.435 e. The fourth-order valence-corrected chi connectivity index (χ4v) is 2.17. The number of amides is 2. The van der Waals surface area contributed by atoms with E-state index in [-0.39, 0.29) is 24.4 Å². The summed E-state index contributed by atoms with van der Waals surface area (Å²) in [6.45, 7) is -2.90. The molecule has 0 aliphatic rings. The summed E-state index contributed by atoms with van der Waals surface area (Å²) in [5, 5.41) is 5.37. The summed E-state index contributed by atoms with van der Waals surface area (Å²) < 4.78 is 28.3. The maximum atomic E-state index is 12.1. The Bertz CT molecular complexity index is 739. The largest absolute Gasteiger partial charge is 0.435 e. The molecule has 0 saturated carbocycles. The minimum atomic E-state index is -2.88. The van der Waals surface area contributed by atoms with E-state index >= 15 is 0 Å². The van der Waals surface area contributed by atoms with E-state index in [4.69, 9.17) is 11.6 Å². The van der Waals surface area contributed by atoms with Crippen LogP contribution in [0.15, 0.2) is 48.5 Å². The van der Waals surface area contributed by atoms with Gasteiger partial charge in [0.2, 0.25) is 5.91 Å². The van der Waals surface area contributed by atoms with Crippen molar-refractivity contribution in [3.05, 3.63) is 64.7 Å². The Balaban J connectivity index is 1.77. The quantitative estimate of drug-likeness (QED) is 0.789. The van der Waals surface area contributed by atoms with Crippen molar-refractivity contribution >= 4 is 23.4 Å². The molecule has 2 aromatic rings. The third-order valence-electron chi connectivity index (χ3n) is 3.17. The van der Waals surface area contributed by atoms with E-state index in [2.05, 4.69) is 15.4 Å². The van der Waals surface area contributed by atoms with Crippen LogP contribution in [-0.2, 0) is 11.3 Å². The van der Waals surface area contributed by atoms with E-state index in [0.29, 0.717) is 10.6 Å². The molecule has 8 heteroatoms. The molecule has 2 rings (SSSR count). The Labute approximate surface area is 147 Å². The molecule has 5 nitrogen and oxygen atoms in total. The van der Waals surface area contributed by atoms with Gasteiger partial charge in [0.05, 0.1) is 17.1 Å². The first kappa shape index (κ1) is 18.7. The lowest BCUT2D eigenvalue weighted by Gasteiger charge is -2.09. The fourth-order valence-electron chi connectivity index (χ4n) is 1.95. The van der Waals surface area contributed by atoms with Crippen LogP contribution in [0.2, 0.25) is 5.02 Å². The van der Waals surface area contributed by atoms with Crippen LogP contribution in [0.4, 0.5) is 8.78 Å². The number of benzene rings is 2. The second kappa shape index (κ2) is 8.98. The van der Waals surface area contributed by atoms with Gasteiger partial charge in [-0.15, -0.1) is 0 Å². The first-order valence-corrected chi connectivity index (χ1v) is 7.66. The molecule has 132 valence electrons. The summed E-state index contributed by atoms with van der Waals surface area (Å²) in [7, 11) is 0. The van der Waals surface area contributed by atoms with Crippen molar-refractivity contribution in [2.75, 3.05) is 6.54 Å². The molecule has 0 heterocycles. The van der Waals surface area contributed by atoms with Crippen LogP contribution in [0.25, 0.3) is 0 Å². The number of hydrogen-bond acceptors (Lipinski definition) is 3. The highest BCUT2D eigenvalue weighted by Gasteiger charge is 2.11. The standard InChI is InChI=1S/C17H15ClF2N2O3/c18-14-4-2-1-3-13(14)16(24)22-10-15(23)21-9-11-5-7-12(8-6-11)25-17(19)20/h1-8,17H,9-10H2,(H,21,23)(H,22,24). The predicted molar refractivity (Wildman–Crippen MR) is 88.7 cm³/mol. The SMILES string of the molecule is O=C(CNC(=O)c1ccccc1Cl)NCc1ccc(OC(F)F)cc1. The molecule has 0 aromatic heterocycles. The first-order chi connectivity index (χ1) is 12.0. The van der Waals surface area contributed by atoms with Crippen LogP contribution >= 0.6 is 11.6 Å². The Hall–Kier alpha value is -2.67. The second-order valence-corrected chi connectivity index (χ2v) is 5.37. The van der Waals surface area contributed by atoms with E-state index in [1.54, 1.807) is 36.4 Å². The lowest BCUT2D eigenvalue weighted by atomic mass is 10.2. The van der Waals surface area contributed by atoms with Crippen LogP contribution in [0, 0.1) is 0 Å². The highest BCUT2D eigenvalue weighted by Crippen LogP contribution is 2.15. The third-order valence-corrected chi connectivity index (χ3v) is 3.50. The zero-order chi connectivity index (χ0) is 18.2. The van der Waals surface area contributed by atoms with E-state index in [9.17, 15) is 18.4 Å². The third kappa shape index (κ3) is 6.04. The van der Waals surface area contributed by atoms with Crippen molar-refractivity contribution < 1.29 is 23.1 Å². The molecule has 0 saturated heterocycles. The minimum absolute atomic E-state index is 0.0390. The molecule has 0 bridgehead atoms. The number of nitrogens with one attached hydrogen (secondary N) is 2. The number of alkyl halides is 2. The second-order valence-electron chi connectivity index (χ2n) is 4.96. The van der Waals surface area contributed by atoms with Crippen LogP contribution in [0.1, 0.15) is 15.9 Å². The van der Waals surface area contributed by atoms with Crippen molar-refractivity contribution in [1.29, 1.82) is 0 Å².